The second kappa shape index (κ2) is 4.25. The zero-order chi connectivity index (χ0) is 11.9. The zero-order valence-electron chi connectivity index (χ0n) is 10.3. The molecule has 17 heavy (non-hydrogen) atoms. The van der Waals surface area contributed by atoms with Gasteiger partial charge in [-0.15, -0.1) is 0 Å². The fourth-order valence-electron chi connectivity index (χ4n) is 3.77. The number of carbonyl (C=O) groups excluding carboxylic acids is 1. The van der Waals surface area contributed by atoms with E-state index in [-0.39, 0.29) is 24.0 Å². The fourth-order valence-corrected chi connectivity index (χ4v) is 3.77. The summed E-state index contributed by atoms with van der Waals surface area (Å²) in [6.45, 7) is 2.86. The normalized spacial score (nSPS) is 35.2. The van der Waals surface area contributed by atoms with Gasteiger partial charge in [-0.3, -0.25) is 4.79 Å². The Hall–Kier alpha value is -0.610. The average Bonchev–Trinajstić information content (AvgIpc) is 2.94. The van der Waals surface area contributed by atoms with E-state index in [0.29, 0.717) is 5.92 Å². The molecule has 2 atom stereocenters. The Labute approximate surface area is 102 Å². The minimum absolute atomic E-state index is 0.0459. The highest BCUT2D eigenvalue weighted by atomic mass is 16.3. The molecule has 96 valence electrons. The maximum Gasteiger partial charge on any atom is 0.239 e. The van der Waals surface area contributed by atoms with Gasteiger partial charge in [0.25, 0.3) is 0 Å². The number of aliphatic hydroxyl groups is 1. The number of hydrogen-bond donors (Lipinski definition) is 2. The third-order valence-electron chi connectivity index (χ3n) is 5.05. The summed E-state index contributed by atoms with van der Waals surface area (Å²) in [5.41, 5.74) is 0.267. The molecule has 1 saturated carbocycles. The first-order chi connectivity index (χ1) is 8.25. The van der Waals surface area contributed by atoms with Gasteiger partial charge in [0.05, 0.1) is 6.04 Å². The summed E-state index contributed by atoms with van der Waals surface area (Å²) < 4.78 is 0. The first-order valence-corrected chi connectivity index (χ1v) is 6.88. The van der Waals surface area contributed by atoms with Gasteiger partial charge in [0.15, 0.2) is 0 Å². The van der Waals surface area contributed by atoms with Crippen molar-refractivity contribution in [3.63, 3.8) is 0 Å². The Balaban J connectivity index is 1.67. The number of likely N-dealkylation sites (tertiary alicyclic amines) is 1. The second-order valence-electron chi connectivity index (χ2n) is 5.96. The van der Waals surface area contributed by atoms with Crippen LogP contribution in [0.15, 0.2) is 0 Å². The van der Waals surface area contributed by atoms with E-state index in [1.807, 2.05) is 4.90 Å². The van der Waals surface area contributed by atoms with Crippen molar-refractivity contribution in [2.24, 2.45) is 11.3 Å². The molecule has 0 aromatic rings. The maximum atomic E-state index is 12.3. The monoisotopic (exact) mass is 238 g/mol. The average molecular weight is 238 g/mol. The van der Waals surface area contributed by atoms with Gasteiger partial charge in [0, 0.05) is 25.6 Å². The Morgan fingerprint density at radius 3 is 2.71 bits per heavy atom. The van der Waals surface area contributed by atoms with Crippen LogP contribution in [0.1, 0.15) is 32.1 Å². The van der Waals surface area contributed by atoms with E-state index in [4.69, 9.17) is 0 Å². The minimum atomic E-state index is 0.0459. The van der Waals surface area contributed by atoms with E-state index in [1.54, 1.807) is 0 Å². The lowest BCUT2D eigenvalue weighted by Gasteiger charge is -2.42. The number of hydrogen-bond acceptors (Lipinski definition) is 3. The Morgan fingerprint density at radius 2 is 2.24 bits per heavy atom. The molecule has 2 N–H and O–H groups in total. The lowest BCUT2D eigenvalue weighted by molar-refractivity contribution is -0.132. The molecule has 2 unspecified atom stereocenters. The summed E-state index contributed by atoms with van der Waals surface area (Å²) in [6, 6.07) is 0.0459. The van der Waals surface area contributed by atoms with E-state index in [0.717, 1.165) is 32.5 Å². The third-order valence-corrected chi connectivity index (χ3v) is 5.05. The largest absolute Gasteiger partial charge is 0.396 e. The molecule has 1 spiro atoms. The molecule has 0 radical (unpaired) electrons. The molecule has 2 heterocycles. The summed E-state index contributed by atoms with van der Waals surface area (Å²) in [7, 11) is 0. The van der Waals surface area contributed by atoms with Gasteiger partial charge < -0.3 is 15.3 Å². The van der Waals surface area contributed by atoms with Crippen LogP contribution in [-0.2, 0) is 4.79 Å². The second-order valence-corrected chi connectivity index (χ2v) is 5.96. The van der Waals surface area contributed by atoms with Crippen LogP contribution in [0.25, 0.3) is 0 Å². The van der Waals surface area contributed by atoms with E-state index >= 15 is 0 Å². The lowest BCUT2D eigenvalue weighted by Crippen LogP contribution is -2.44. The van der Waals surface area contributed by atoms with Gasteiger partial charge in [0.2, 0.25) is 5.91 Å². The fraction of sp³-hybridized carbons (Fsp3) is 0.923. The molecule has 3 fully saturated rings. The van der Waals surface area contributed by atoms with Gasteiger partial charge in [0.1, 0.15) is 0 Å². The van der Waals surface area contributed by atoms with Crippen LogP contribution in [0.4, 0.5) is 0 Å². The highest BCUT2D eigenvalue weighted by molar-refractivity contribution is 5.82. The standard InChI is InChI=1S/C13H22N2O2/c16-8-10-7-15(9-13(10)4-2-5-13)12(17)11-3-1-6-14-11/h10-11,14,16H,1-9H2. The molecular weight excluding hydrogens is 216 g/mol. The Kier molecular flexibility index (Phi) is 2.87. The molecule has 2 saturated heterocycles. The zero-order valence-corrected chi connectivity index (χ0v) is 10.3. The molecule has 0 aromatic carbocycles. The third kappa shape index (κ3) is 1.78. The van der Waals surface area contributed by atoms with Crippen molar-refractivity contribution >= 4 is 5.91 Å². The summed E-state index contributed by atoms with van der Waals surface area (Å²) in [5, 5.41) is 12.8. The number of amides is 1. The Morgan fingerprint density at radius 1 is 1.41 bits per heavy atom. The van der Waals surface area contributed by atoms with Crippen molar-refractivity contribution in [3.05, 3.63) is 0 Å². The first kappa shape index (κ1) is 11.5. The quantitative estimate of drug-likeness (QED) is 0.730. The molecule has 0 aromatic heterocycles. The van der Waals surface area contributed by atoms with Crippen molar-refractivity contribution in [1.82, 2.24) is 10.2 Å². The number of nitrogens with one attached hydrogen (secondary N) is 1. The Bertz CT molecular complexity index is 309. The molecule has 3 rings (SSSR count). The number of aliphatic hydroxyl groups excluding tert-OH is 1. The van der Waals surface area contributed by atoms with Crippen molar-refractivity contribution in [2.45, 2.75) is 38.1 Å². The molecule has 4 nitrogen and oxygen atoms in total. The highest BCUT2D eigenvalue weighted by Crippen LogP contribution is 2.51. The van der Waals surface area contributed by atoms with Crippen molar-refractivity contribution in [3.8, 4) is 0 Å². The molecule has 0 bridgehead atoms. The van der Waals surface area contributed by atoms with Crippen LogP contribution in [0.5, 0.6) is 0 Å². The minimum Gasteiger partial charge on any atom is -0.396 e. The SMILES string of the molecule is O=C(C1CCCN1)N1CC(CO)C2(CCC2)C1. The number of rotatable bonds is 2. The van der Waals surface area contributed by atoms with Crippen LogP contribution in [-0.4, -0.2) is 48.2 Å². The highest BCUT2D eigenvalue weighted by Gasteiger charge is 2.51. The van der Waals surface area contributed by atoms with Crippen LogP contribution in [0.3, 0.4) is 0 Å². The predicted octanol–water partition coefficient (Wildman–Crippen LogP) is 0.359. The summed E-state index contributed by atoms with van der Waals surface area (Å²) in [5.74, 6) is 0.589. The van der Waals surface area contributed by atoms with Crippen LogP contribution >= 0.6 is 0 Å². The van der Waals surface area contributed by atoms with Gasteiger partial charge in [-0.25, -0.2) is 0 Å². The van der Waals surface area contributed by atoms with E-state index < -0.39 is 0 Å². The smallest absolute Gasteiger partial charge is 0.239 e. The summed E-state index contributed by atoms with van der Waals surface area (Å²) >= 11 is 0. The van der Waals surface area contributed by atoms with Crippen molar-refractivity contribution in [1.29, 1.82) is 0 Å². The number of nitrogens with zero attached hydrogens (tertiary/aromatic N) is 1. The van der Waals surface area contributed by atoms with Gasteiger partial charge >= 0.3 is 0 Å². The molecule has 1 aliphatic carbocycles. The summed E-state index contributed by atoms with van der Waals surface area (Å²) in [6.07, 6.45) is 5.74. The molecule has 3 aliphatic rings. The van der Waals surface area contributed by atoms with Crippen molar-refractivity contribution < 1.29 is 9.90 Å². The van der Waals surface area contributed by atoms with Crippen molar-refractivity contribution in [2.75, 3.05) is 26.2 Å². The van der Waals surface area contributed by atoms with Crippen LogP contribution in [0.2, 0.25) is 0 Å². The number of carbonyl (C=O) groups is 1. The van der Waals surface area contributed by atoms with Crippen LogP contribution in [0, 0.1) is 11.3 Å². The summed E-state index contributed by atoms with van der Waals surface area (Å²) in [4.78, 5) is 14.3. The molecular formula is C13H22N2O2. The van der Waals surface area contributed by atoms with E-state index in [9.17, 15) is 9.90 Å². The topological polar surface area (TPSA) is 52.6 Å². The first-order valence-electron chi connectivity index (χ1n) is 6.88. The van der Waals surface area contributed by atoms with E-state index in [1.165, 1.54) is 19.3 Å². The molecule has 2 aliphatic heterocycles. The van der Waals surface area contributed by atoms with Gasteiger partial charge in [-0.1, -0.05) is 6.42 Å². The van der Waals surface area contributed by atoms with Gasteiger partial charge in [-0.05, 0) is 37.6 Å². The molecule has 1 amide bonds. The van der Waals surface area contributed by atoms with Crippen LogP contribution < -0.4 is 5.32 Å². The lowest BCUT2D eigenvalue weighted by atomic mass is 9.63. The maximum absolute atomic E-state index is 12.3. The van der Waals surface area contributed by atoms with Gasteiger partial charge in [-0.2, -0.15) is 0 Å². The van der Waals surface area contributed by atoms with E-state index in [2.05, 4.69) is 5.32 Å². The predicted molar refractivity (Wildman–Crippen MR) is 64.5 cm³/mol. The molecule has 4 heteroatoms.